The minimum Gasteiger partial charge on any atom is -0.463 e. The highest BCUT2D eigenvalue weighted by molar-refractivity contribution is 5.84. The van der Waals surface area contributed by atoms with Gasteiger partial charge in [0.15, 0.2) is 0 Å². The van der Waals surface area contributed by atoms with Crippen LogP contribution in [0, 0.1) is 34.0 Å². The normalized spacial score (nSPS) is 35.5. The Morgan fingerprint density at radius 3 is 2.40 bits per heavy atom. The van der Waals surface area contributed by atoms with Crippen molar-refractivity contribution in [3.8, 4) is 0 Å². The van der Waals surface area contributed by atoms with Crippen LogP contribution in [-0.2, 0) is 28.6 Å². The van der Waals surface area contributed by atoms with Gasteiger partial charge in [-0.1, -0.05) is 54.9 Å². The van der Waals surface area contributed by atoms with Gasteiger partial charge in [0.25, 0.3) is 0 Å². The molecule has 0 aromatic heterocycles. The van der Waals surface area contributed by atoms with E-state index in [0.717, 1.165) is 25.7 Å². The van der Waals surface area contributed by atoms with Crippen LogP contribution in [0.25, 0.3) is 0 Å². The molecule has 200 valence electrons. The summed E-state index contributed by atoms with van der Waals surface area (Å²) in [6.07, 6.45) is 4.55. The Labute approximate surface area is 211 Å². The first-order valence-corrected chi connectivity index (χ1v) is 13.6. The summed E-state index contributed by atoms with van der Waals surface area (Å²) in [4.78, 5) is 39.7. The SMILES string of the molecule is CCC(C)C(CN)(C(=O)OC12CC(C)CC(C1)CC(CC)(C(=O)OC1CCOC1=O)C2)C(C)(C)C. The molecule has 3 rings (SSSR count). The van der Waals surface area contributed by atoms with Crippen molar-refractivity contribution in [2.45, 2.75) is 112 Å². The molecule has 2 aliphatic carbocycles. The predicted octanol–water partition coefficient (Wildman–Crippen LogP) is 4.79. The lowest BCUT2D eigenvalue weighted by molar-refractivity contribution is -0.210. The molecule has 0 spiro atoms. The Kier molecular flexibility index (Phi) is 8.01. The van der Waals surface area contributed by atoms with Crippen LogP contribution in [0.5, 0.6) is 0 Å². The second-order valence-electron chi connectivity index (χ2n) is 12.8. The molecule has 2 bridgehead atoms. The fourth-order valence-corrected chi connectivity index (χ4v) is 7.52. The predicted molar refractivity (Wildman–Crippen MR) is 133 cm³/mol. The first-order chi connectivity index (χ1) is 16.3. The van der Waals surface area contributed by atoms with Crippen LogP contribution < -0.4 is 5.73 Å². The average Bonchev–Trinajstić information content (AvgIpc) is 3.16. The highest BCUT2D eigenvalue weighted by atomic mass is 16.6. The summed E-state index contributed by atoms with van der Waals surface area (Å²) in [5.74, 6) is -0.370. The van der Waals surface area contributed by atoms with Crippen molar-refractivity contribution >= 4 is 17.9 Å². The Morgan fingerprint density at radius 1 is 1.20 bits per heavy atom. The molecule has 0 amide bonds. The van der Waals surface area contributed by atoms with Crippen LogP contribution in [0.4, 0.5) is 0 Å². The molecule has 1 saturated heterocycles. The number of carbonyl (C=O) groups is 3. The van der Waals surface area contributed by atoms with Gasteiger partial charge in [-0.2, -0.15) is 0 Å². The summed E-state index contributed by atoms with van der Waals surface area (Å²) in [5.41, 5.74) is 3.61. The molecular formula is C28H47NO6. The Balaban J connectivity index is 1.95. The number of esters is 3. The zero-order chi connectivity index (χ0) is 26.2. The lowest BCUT2D eigenvalue weighted by Crippen LogP contribution is -2.59. The molecule has 0 aromatic rings. The Bertz CT molecular complexity index is 817. The van der Waals surface area contributed by atoms with Crippen LogP contribution in [0.15, 0.2) is 0 Å². The number of hydrogen-bond donors (Lipinski definition) is 1. The number of carbonyl (C=O) groups excluding carboxylic acids is 3. The maximum atomic E-state index is 14.1. The summed E-state index contributed by atoms with van der Waals surface area (Å²) in [7, 11) is 0. The molecule has 1 aliphatic heterocycles. The van der Waals surface area contributed by atoms with Gasteiger partial charge in [0.1, 0.15) is 5.60 Å². The molecular weight excluding hydrogens is 446 g/mol. The van der Waals surface area contributed by atoms with Crippen LogP contribution in [0.3, 0.4) is 0 Å². The first-order valence-electron chi connectivity index (χ1n) is 13.6. The fourth-order valence-electron chi connectivity index (χ4n) is 7.52. The molecule has 7 unspecified atom stereocenters. The third-order valence-electron chi connectivity index (χ3n) is 9.49. The van der Waals surface area contributed by atoms with Gasteiger partial charge >= 0.3 is 17.9 Å². The molecule has 7 atom stereocenters. The van der Waals surface area contributed by atoms with Gasteiger partial charge in [-0.05, 0) is 55.3 Å². The number of hydrogen-bond acceptors (Lipinski definition) is 7. The van der Waals surface area contributed by atoms with Gasteiger partial charge in [0.05, 0.1) is 17.4 Å². The Hall–Kier alpha value is -1.63. The van der Waals surface area contributed by atoms with Gasteiger partial charge < -0.3 is 19.9 Å². The number of nitrogens with two attached hydrogens (primary N) is 1. The average molecular weight is 494 g/mol. The highest BCUT2D eigenvalue weighted by Gasteiger charge is 2.60. The molecule has 3 fully saturated rings. The van der Waals surface area contributed by atoms with Gasteiger partial charge in [-0.15, -0.1) is 0 Å². The van der Waals surface area contributed by atoms with Gasteiger partial charge in [0.2, 0.25) is 6.10 Å². The van der Waals surface area contributed by atoms with Crippen molar-refractivity contribution in [3.63, 3.8) is 0 Å². The molecule has 3 aliphatic rings. The van der Waals surface area contributed by atoms with Crippen molar-refractivity contribution in [2.24, 2.45) is 39.7 Å². The standard InChI is InChI=1S/C28H47NO6/c1-8-19(4)28(17-29,25(5,6)7)24(32)35-27-13-18(3)12-20(15-27)14-26(9-2,16-27)23(31)34-21-10-11-33-22(21)30/h18-21H,8-17,29H2,1-7H3. The summed E-state index contributed by atoms with van der Waals surface area (Å²) < 4.78 is 17.3. The van der Waals surface area contributed by atoms with Crippen molar-refractivity contribution in [1.29, 1.82) is 0 Å². The lowest BCUT2D eigenvalue weighted by atomic mass is 9.55. The first kappa shape index (κ1) is 27.9. The van der Waals surface area contributed by atoms with Crippen molar-refractivity contribution < 1.29 is 28.6 Å². The minimum atomic E-state index is -0.832. The smallest absolute Gasteiger partial charge is 0.347 e. The molecule has 7 nitrogen and oxygen atoms in total. The van der Waals surface area contributed by atoms with E-state index in [1.807, 2.05) is 6.92 Å². The van der Waals surface area contributed by atoms with Gasteiger partial charge in [0, 0.05) is 19.4 Å². The van der Waals surface area contributed by atoms with E-state index in [2.05, 4.69) is 41.5 Å². The van der Waals surface area contributed by atoms with Gasteiger partial charge in [-0.25, -0.2) is 4.79 Å². The largest absolute Gasteiger partial charge is 0.463 e. The molecule has 1 heterocycles. The van der Waals surface area contributed by atoms with Crippen molar-refractivity contribution in [3.05, 3.63) is 0 Å². The van der Waals surface area contributed by atoms with Gasteiger partial charge in [-0.3, -0.25) is 9.59 Å². The second kappa shape index (κ2) is 10.0. The third-order valence-corrected chi connectivity index (χ3v) is 9.49. The summed E-state index contributed by atoms with van der Waals surface area (Å²) in [5, 5.41) is 0. The maximum Gasteiger partial charge on any atom is 0.347 e. The quantitative estimate of drug-likeness (QED) is 0.383. The van der Waals surface area contributed by atoms with Crippen LogP contribution in [0.2, 0.25) is 0 Å². The number of rotatable bonds is 8. The number of ether oxygens (including phenoxy) is 3. The molecule has 0 aromatic carbocycles. The fraction of sp³-hybridized carbons (Fsp3) is 0.893. The van der Waals surface area contributed by atoms with Crippen molar-refractivity contribution in [1.82, 2.24) is 0 Å². The molecule has 2 N–H and O–H groups in total. The second-order valence-corrected chi connectivity index (χ2v) is 12.8. The van der Waals surface area contributed by atoms with Crippen molar-refractivity contribution in [2.75, 3.05) is 13.2 Å². The minimum absolute atomic E-state index is 0.0473. The van der Waals surface area contributed by atoms with E-state index in [4.69, 9.17) is 19.9 Å². The summed E-state index contributed by atoms with van der Waals surface area (Å²) >= 11 is 0. The van der Waals surface area contributed by atoms with E-state index in [9.17, 15) is 14.4 Å². The molecule has 0 radical (unpaired) electrons. The van der Waals surface area contributed by atoms with E-state index in [-0.39, 0.29) is 42.3 Å². The van der Waals surface area contributed by atoms with Crippen LogP contribution >= 0.6 is 0 Å². The highest BCUT2D eigenvalue weighted by Crippen LogP contribution is 2.57. The monoisotopic (exact) mass is 493 g/mol. The van der Waals surface area contributed by atoms with E-state index in [0.29, 0.717) is 31.6 Å². The summed E-state index contributed by atoms with van der Waals surface area (Å²) in [6.45, 7) is 15.0. The van der Waals surface area contributed by atoms with E-state index in [1.165, 1.54) is 0 Å². The molecule has 7 heteroatoms. The maximum absolute atomic E-state index is 14.1. The van der Waals surface area contributed by atoms with Crippen LogP contribution in [0.1, 0.15) is 99.8 Å². The number of cyclic esters (lactones) is 1. The third kappa shape index (κ3) is 4.99. The van der Waals surface area contributed by atoms with E-state index >= 15 is 0 Å². The Morgan fingerprint density at radius 2 is 1.89 bits per heavy atom. The zero-order valence-corrected chi connectivity index (χ0v) is 22.9. The lowest BCUT2D eigenvalue weighted by Gasteiger charge is -2.55. The van der Waals surface area contributed by atoms with E-state index in [1.54, 1.807) is 0 Å². The van der Waals surface area contributed by atoms with E-state index < -0.39 is 28.5 Å². The zero-order valence-electron chi connectivity index (χ0n) is 22.9. The van der Waals surface area contributed by atoms with Crippen LogP contribution in [-0.4, -0.2) is 42.8 Å². The topological polar surface area (TPSA) is 105 Å². The summed E-state index contributed by atoms with van der Waals surface area (Å²) in [6, 6.07) is 0. The molecule has 2 saturated carbocycles. The molecule has 35 heavy (non-hydrogen) atoms. The number of fused-ring (bicyclic) bond motifs is 2.